The maximum atomic E-state index is 11.1. The second kappa shape index (κ2) is 8.67. The minimum atomic E-state index is -0.333. The zero-order valence-electron chi connectivity index (χ0n) is 11.6. The Hall–Kier alpha value is -0.550. The van der Waals surface area contributed by atoms with E-state index in [2.05, 4.69) is 0 Å². The molecule has 114 valence electrons. The van der Waals surface area contributed by atoms with Gasteiger partial charge < -0.3 is 16.9 Å². The average Bonchev–Trinajstić information content (AvgIpc) is 2.28. The topological polar surface area (TPSA) is 43.1 Å². The van der Waals surface area contributed by atoms with E-state index >= 15 is 0 Å². The van der Waals surface area contributed by atoms with E-state index in [4.69, 9.17) is 23.2 Å². The molecule has 0 aromatic heterocycles. The molecule has 20 heavy (non-hydrogen) atoms. The Morgan fingerprint density at radius 2 is 1.80 bits per heavy atom. The molecule has 0 amide bonds. The zero-order chi connectivity index (χ0) is 14.5. The van der Waals surface area contributed by atoms with Crippen molar-refractivity contribution in [3.05, 3.63) is 39.4 Å². The number of hydrogen-bond acceptors (Lipinski definition) is 2. The predicted octanol–water partition coefficient (Wildman–Crippen LogP) is 0.331. The van der Waals surface area contributed by atoms with Crippen molar-refractivity contribution in [3.63, 3.8) is 0 Å². The highest BCUT2D eigenvalue weighted by Gasteiger charge is 2.25. The number of halogens is 3. The first-order valence-electron chi connectivity index (χ1n) is 6.11. The predicted molar refractivity (Wildman–Crippen MR) is 78.9 cm³/mol. The SMILES string of the molecule is Cc1ccc([N+](=O)[O-])c(C[N+](C)(CCCl)CCCl)c1.[Cl-]. The fourth-order valence-corrected chi connectivity index (χ4v) is 2.92. The summed E-state index contributed by atoms with van der Waals surface area (Å²) in [6.07, 6.45) is 0. The Balaban J connectivity index is 0.00000361. The number of nitro groups is 1. The molecule has 0 N–H and O–H groups in total. The van der Waals surface area contributed by atoms with Gasteiger partial charge in [0.2, 0.25) is 0 Å². The Labute approximate surface area is 135 Å². The van der Waals surface area contributed by atoms with Gasteiger partial charge in [-0.1, -0.05) is 11.6 Å². The van der Waals surface area contributed by atoms with E-state index < -0.39 is 0 Å². The third-order valence-electron chi connectivity index (χ3n) is 3.23. The number of rotatable bonds is 7. The highest BCUT2D eigenvalue weighted by atomic mass is 35.5. The molecule has 1 aromatic carbocycles. The van der Waals surface area contributed by atoms with E-state index in [-0.39, 0.29) is 23.0 Å². The molecule has 0 bridgehead atoms. The molecular weight excluding hydrogens is 323 g/mol. The molecule has 0 saturated carbocycles. The average molecular weight is 342 g/mol. The van der Waals surface area contributed by atoms with Crippen LogP contribution in [0.4, 0.5) is 5.69 Å². The van der Waals surface area contributed by atoms with Gasteiger partial charge in [0.1, 0.15) is 6.54 Å². The maximum absolute atomic E-state index is 11.1. The molecule has 0 unspecified atom stereocenters. The van der Waals surface area contributed by atoms with Crippen molar-refractivity contribution >= 4 is 28.9 Å². The van der Waals surface area contributed by atoms with E-state index in [1.54, 1.807) is 12.1 Å². The minimum absolute atomic E-state index is 0. The van der Waals surface area contributed by atoms with Crippen molar-refractivity contribution in [2.24, 2.45) is 0 Å². The van der Waals surface area contributed by atoms with Crippen LogP contribution in [0.15, 0.2) is 18.2 Å². The Bertz CT molecular complexity index is 449. The van der Waals surface area contributed by atoms with Crippen LogP contribution in [0, 0.1) is 17.0 Å². The van der Waals surface area contributed by atoms with Gasteiger partial charge in [-0.3, -0.25) is 10.1 Å². The lowest BCUT2D eigenvalue weighted by atomic mass is 10.1. The van der Waals surface area contributed by atoms with Crippen LogP contribution in [0.5, 0.6) is 0 Å². The first-order chi connectivity index (χ1) is 8.91. The largest absolute Gasteiger partial charge is 1.00 e. The van der Waals surface area contributed by atoms with Crippen molar-refractivity contribution in [2.45, 2.75) is 13.5 Å². The number of nitrogens with zero attached hydrogens (tertiary/aromatic N) is 2. The van der Waals surface area contributed by atoms with Gasteiger partial charge in [0.25, 0.3) is 5.69 Å². The van der Waals surface area contributed by atoms with Gasteiger partial charge in [0.15, 0.2) is 0 Å². The normalized spacial score (nSPS) is 11.0. The maximum Gasteiger partial charge on any atom is 0.278 e. The smallest absolute Gasteiger partial charge is 0.278 e. The molecule has 1 aromatic rings. The molecule has 7 heteroatoms. The first-order valence-corrected chi connectivity index (χ1v) is 7.18. The number of nitro benzene ring substituents is 1. The monoisotopic (exact) mass is 340 g/mol. The summed E-state index contributed by atoms with van der Waals surface area (Å²) in [6.45, 7) is 3.97. The quantitative estimate of drug-likeness (QED) is 0.310. The van der Waals surface area contributed by atoms with E-state index in [1.165, 1.54) is 0 Å². The molecule has 0 heterocycles. The Morgan fingerprint density at radius 1 is 1.25 bits per heavy atom. The number of hydrogen-bond donors (Lipinski definition) is 0. The number of benzene rings is 1. The third kappa shape index (κ3) is 5.44. The van der Waals surface area contributed by atoms with Crippen molar-refractivity contribution in [3.8, 4) is 0 Å². The van der Waals surface area contributed by atoms with Gasteiger partial charge in [-0.15, -0.1) is 23.2 Å². The molecule has 0 radical (unpaired) electrons. The number of alkyl halides is 2. The van der Waals surface area contributed by atoms with Crippen molar-refractivity contribution in [1.82, 2.24) is 0 Å². The Kier molecular flexibility index (Phi) is 8.44. The van der Waals surface area contributed by atoms with E-state index in [0.717, 1.165) is 24.2 Å². The van der Waals surface area contributed by atoms with Crippen LogP contribution in [0.25, 0.3) is 0 Å². The summed E-state index contributed by atoms with van der Waals surface area (Å²) in [4.78, 5) is 10.7. The van der Waals surface area contributed by atoms with Crippen LogP contribution in [0.2, 0.25) is 0 Å². The fraction of sp³-hybridized carbons (Fsp3) is 0.538. The van der Waals surface area contributed by atoms with Gasteiger partial charge in [0.05, 0.1) is 42.4 Å². The van der Waals surface area contributed by atoms with Gasteiger partial charge in [-0.25, -0.2) is 0 Å². The second-order valence-electron chi connectivity index (χ2n) is 4.99. The van der Waals surface area contributed by atoms with Gasteiger partial charge in [-0.05, 0) is 13.0 Å². The fourth-order valence-electron chi connectivity index (χ4n) is 2.11. The standard InChI is InChI=1S/C13H19Cl2N2O2.ClH/c1-11-3-4-13(16(18)19)12(9-11)10-17(2,7-5-14)8-6-15;/h3-4,9H,5-8,10H2,1-2H3;1H/q+1;/p-1. The third-order valence-corrected chi connectivity index (χ3v) is 3.57. The number of aryl methyl sites for hydroxylation is 1. The minimum Gasteiger partial charge on any atom is -1.00 e. The van der Waals surface area contributed by atoms with Crippen LogP contribution in [-0.2, 0) is 6.54 Å². The summed E-state index contributed by atoms with van der Waals surface area (Å²) in [5.41, 5.74) is 1.92. The molecule has 4 nitrogen and oxygen atoms in total. The van der Waals surface area contributed by atoms with Crippen molar-refractivity contribution in [1.29, 1.82) is 0 Å². The molecule has 0 aliphatic carbocycles. The lowest BCUT2D eigenvalue weighted by Crippen LogP contribution is -3.00. The lowest BCUT2D eigenvalue weighted by molar-refractivity contribution is -0.918. The van der Waals surface area contributed by atoms with Gasteiger partial charge >= 0.3 is 0 Å². The van der Waals surface area contributed by atoms with Crippen LogP contribution in [0.3, 0.4) is 0 Å². The molecule has 0 spiro atoms. The molecule has 1 rings (SSSR count). The Morgan fingerprint density at radius 3 is 2.25 bits per heavy atom. The van der Waals surface area contributed by atoms with E-state index in [9.17, 15) is 10.1 Å². The van der Waals surface area contributed by atoms with Crippen LogP contribution in [-0.4, -0.2) is 41.3 Å². The first kappa shape index (κ1) is 19.4. The summed E-state index contributed by atoms with van der Waals surface area (Å²) in [5, 5.41) is 11.1. The van der Waals surface area contributed by atoms with Crippen molar-refractivity contribution in [2.75, 3.05) is 31.9 Å². The molecular formula is C13H19Cl3N2O2. The lowest BCUT2D eigenvalue weighted by Gasteiger charge is -2.33. The zero-order valence-corrected chi connectivity index (χ0v) is 13.9. The molecule has 0 fully saturated rings. The summed E-state index contributed by atoms with van der Waals surface area (Å²) in [5.74, 6) is 1.01. The highest BCUT2D eigenvalue weighted by Crippen LogP contribution is 2.24. The summed E-state index contributed by atoms with van der Waals surface area (Å²) >= 11 is 11.7. The summed E-state index contributed by atoms with van der Waals surface area (Å²) < 4.78 is 0.608. The molecule has 0 aliphatic heterocycles. The van der Waals surface area contributed by atoms with Crippen LogP contribution in [0.1, 0.15) is 11.1 Å². The molecule has 0 saturated heterocycles. The van der Waals surface area contributed by atoms with Gasteiger partial charge in [0, 0.05) is 6.07 Å². The van der Waals surface area contributed by atoms with Gasteiger partial charge in [-0.2, -0.15) is 0 Å². The molecule has 0 atom stereocenters. The summed E-state index contributed by atoms with van der Waals surface area (Å²) in [6, 6.07) is 5.20. The van der Waals surface area contributed by atoms with E-state index in [0.29, 0.717) is 22.8 Å². The van der Waals surface area contributed by atoms with E-state index in [1.807, 2.05) is 20.0 Å². The summed E-state index contributed by atoms with van der Waals surface area (Å²) in [7, 11) is 2.02. The highest BCUT2D eigenvalue weighted by molar-refractivity contribution is 6.18. The second-order valence-corrected chi connectivity index (χ2v) is 5.75. The molecule has 0 aliphatic rings. The van der Waals surface area contributed by atoms with Crippen LogP contribution >= 0.6 is 23.2 Å². The van der Waals surface area contributed by atoms with Crippen molar-refractivity contribution < 1.29 is 21.8 Å². The van der Waals surface area contributed by atoms with Crippen LogP contribution < -0.4 is 12.4 Å². The number of quaternary nitrogens is 1.